The number of rotatable bonds is 5. The molecular formula is C27H31N3O2. The molecule has 3 aromatic rings. The van der Waals surface area contributed by atoms with Gasteiger partial charge in [0.15, 0.2) is 0 Å². The molecule has 2 fully saturated rings. The van der Waals surface area contributed by atoms with Gasteiger partial charge in [0.25, 0.3) is 5.91 Å². The topological polar surface area (TPSA) is 56.7 Å². The Morgan fingerprint density at radius 2 is 1.78 bits per heavy atom. The molecule has 0 unspecified atom stereocenters. The predicted octanol–water partition coefficient (Wildman–Crippen LogP) is 4.62. The van der Waals surface area contributed by atoms with Crippen molar-refractivity contribution in [2.75, 3.05) is 18.0 Å². The molecule has 1 aliphatic heterocycles. The zero-order valence-electron chi connectivity index (χ0n) is 18.9. The number of anilines is 1. The molecule has 0 radical (unpaired) electrons. The second-order valence-corrected chi connectivity index (χ2v) is 9.37. The minimum absolute atomic E-state index is 0.0943. The van der Waals surface area contributed by atoms with Gasteiger partial charge in [-0.2, -0.15) is 0 Å². The van der Waals surface area contributed by atoms with E-state index in [0.29, 0.717) is 12.6 Å². The van der Waals surface area contributed by atoms with Crippen molar-refractivity contribution in [1.29, 1.82) is 0 Å². The summed E-state index contributed by atoms with van der Waals surface area (Å²) in [5.74, 6) is 1.05. The molecule has 2 heterocycles. The fourth-order valence-corrected chi connectivity index (χ4v) is 4.65. The number of aromatic nitrogens is 1. The van der Waals surface area contributed by atoms with Gasteiger partial charge in [-0.3, -0.25) is 4.79 Å². The quantitative estimate of drug-likeness (QED) is 0.643. The van der Waals surface area contributed by atoms with Crippen LogP contribution in [0.2, 0.25) is 0 Å². The Hall–Kier alpha value is -2.92. The maximum Gasteiger partial charge on any atom is 0.254 e. The molecule has 1 aromatic heterocycles. The van der Waals surface area contributed by atoms with E-state index >= 15 is 0 Å². The molecule has 166 valence electrons. The molecule has 0 atom stereocenters. The largest absolute Gasteiger partial charge is 0.393 e. The summed E-state index contributed by atoms with van der Waals surface area (Å²) in [5.41, 5.74) is 5.16. The summed E-state index contributed by atoms with van der Waals surface area (Å²) in [6.45, 7) is 6.26. The van der Waals surface area contributed by atoms with Gasteiger partial charge in [0.05, 0.1) is 11.6 Å². The fraction of sp³-hybridized carbons (Fsp3) is 0.407. The number of para-hydroxylation sites is 1. The molecule has 32 heavy (non-hydrogen) atoms. The van der Waals surface area contributed by atoms with Crippen LogP contribution in [0.25, 0.3) is 10.9 Å². The maximum absolute atomic E-state index is 13.4. The highest BCUT2D eigenvalue weighted by molar-refractivity contribution is 5.95. The minimum Gasteiger partial charge on any atom is -0.393 e. The SMILES string of the molecule is Cc1ccc(C(=O)N(Cc2cc3cccc(C)c3nc2N2CCC(O)CC2)C2CC2)cc1. The molecule has 5 heteroatoms. The molecule has 0 bridgehead atoms. The number of piperidine rings is 1. The smallest absolute Gasteiger partial charge is 0.254 e. The molecule has 1 amide bonds. The fourth-order valence-electron chi connectivity index (χ4n) is 4.65. The number of carbonyl (C=O) groups excluding carboxylic acids is 1. The van der Waals surface area contributed by atoms with Crippen LogP contribution in [0.3, 0.4) is 0 Å². The number of aryl methyl sites for hydroxylation is 2. The van der Waals surface area contributed by atoms with E-state index in [4.69, 9.17) is 4.98 Å². The van der Waals surface area contributed by atoms with Crippen LogP contribution in [0.4, 0.5) is 5.82 Å². The summed E-state index contributed by atoms with van der Waals surface area (Å²) < 4.78 is 0. The average molecular weight is 430 g/mol. The van der Waals surface area contributed by atoms with Gasteiger partial charge >= 0.3 is 0 Å². The molecular weight excluding hydrogens is 398 g/mol. The lowest BCUT2D eigenvalue weighted by molar-refractivity contribution is 0.0730. The third-order valence-electron chi connectivity index (χ3n) is 6.76. The summed E-state index contributed by atoms with van der Waals surface area (Å²) in [7, 11) is 0. The first-order valence-corrected chi connectivity index (χ1v) is 11.7. The monoisotopic (exact) mass is 429 g/mol. The first kappa shape index (κ1) is 21.0. The van der Waals surface area contributed by atoms with E-state index in [0.717, 1.165) is 77.7 Å². The van der Waals surface area contributed by atoms with E-state index in [1.807, 2.05) is 36.1 Å². The average Bonchev–Trinajstić information content (AvgIpc) is 3.63. The summed E-state index contributed by atoms with van der Waals surface area (Å²) >= 11 is 0. The number of hydrogen-bond donors (Lipinski definition) is 1. The molecule has 2 aliphatic rings. The Morgan fingerprint density at radius 1 is 1.06 bits per heavy atom. The van der Waals surface area contributed by atoms with Crippen LogP contribution in [0.15, 0.2) is 48.5 Å². The third kappa shape index (κ3) is 4.22. The van der Waals surface area contributed by atoms with E-state index < -0.39 is 0 Å². The second kappa shape index (κ2) is 8.55. The van der Waals surface area contributed by atoms with Crippen molar-refractivity contribution in [3.05, 3.63) is 70.8 Å². The zero-order chi connectivity index (χ0) is 22.2. The summed E-state index contributed by atoms with van der Waals surface area (Å²) in [6, 6.07) is 16.6. The number of amides is 1. The Morgan fingerprint density at radius 3 is 2.47 bits per heavy atom. The first-order valence-electron chi connectivity index (χ1n) is 11.7. The normalized spacial score (nSPS) is 17.0. The van der Waals surface area contributed by atoms with Crippen molar-refractivity contribution in [2.45, 2.75) is 58.2 Å². The van der Waals surface area contributed by atoms with Crippen LogP contribution in [-0.2, 0) is 6.54 Å². The van der Waals surface area contributed by atoms with Crippen molar-refractivity contribution in [1.82, 2.24) is 9.88 Å². The molecule has 5 nitrogen and oxygen atoms in total. The number of fused-ring (bicyclic) bond motifs is 1. The lowest BCUT2D eigenvalue weighted by atomic mass is 10.0. The summed E-state index contributed by atoms with van der Waals surface area (Å²) in [4.78, 5) is 22.9. The van der Waals surface area contributed by atoms with Crippen LogP contribution in [-0.4, -0.2) is 46.1 Å². The molecule has 1 saturated carbocycles. The first-order chi connectivity index (χ1) is 15.5. The number of hydrogen-bond acceptors (Lipinski definition) is 4. The molecule has 2 aromatic carbocycles. The predicted molar refractivity (Wildman–Crippen MR) is 128 cm³/mol. The highest BCUT2D eigenvalue weighted by Crippen LogP contribution is 2.34. The number of benzene rings is 2. The van der Waals surface area contributed by atoms with Crippen LogP contribution in [0, 0.1) is 13.8 Å². The maximum atomic E-state index is 13.4. The van der Waals surface area contributed by atoms with Crippen molar-refractivity contribution >= 4 is 22.6 Å². The van der Waals surface area contributed by atoms with Gasteiger partial charge in [-0.15, -0.1) is 0 Å². The molecule has 1 N–H and O–H groups in total. The van der Waals surface area contributed by atoms with Gasteiger partial charge in [-0.1, -0.05) is 35.9 Å². The number of nitrogens with zero attached hydrogens (tertiary/aromatic N) is 3. The van der Waals surface area contributed by atoms with Gasteiger partial charge in [-0.05, 0) is 63.3 Å². The molecule has 0 spiro atoms. The number of aliphatic hydroxyl groups excluding tert-OH is 1. The van der Waals surface area contributed by atoms with Crippen LogP contribution < -0.4 is 4.90 Å². The second-order valence-electron chi connectivity index (χ2n) is 9.37. The number of pyridine rings is 1. The van der Waals surface area contributed by atoms with E-state index in [9.17, 15) is 9.90 Å². The van der Waals surface area contributed by atoms with E-state index in [1.54, 1.807) is 0 Å². The summed E-state index contributed by atoms with van der Waals surface area (Å²) in [6.07, 6.45) is 3.39. The van der Waals surface area contributed by atoms with Crippen molar-refractivity contribution in [2.24, 2.45) is 0 Å². The molecule has 1 aliphatic carbocycles. The number of carbonyl (C=O) groups is 1. The van der Waals surface area contributed by atoms with Crippen molar-refractivity contribution < 1.29 is 9.90 Å². The lowest BCUT2D eigenvalue weighted by Crippen LogP contribution is -2.38. The highest BCUT2D eigenvalue weighted by atomic mass is 16.3. The van der Waals surface area contributed by atoms with Crippen LogP contribution in [0.1, 0.15) is 52.7 Å². The van der Waals surface area contributed by atoms with Gasteiger partial charge in [-0.25, -0.2) is 4.98 Å². The van der Waals surface area contributed by atoms with E-state index in [1.165, 1.54) is 0 Å². The van der Waals surface area contributed by atoms with Crippen LogP contribution in [0.5, 0.6) is 0 Å². The molecule has 1 saturated heterocycles. The van der Waals surface area contributed by atoms with Gasteiger partial charge in [0.2, 0.25) is 0 Å². The Labute approximate surface area is 189 Å². The zero-order valence-corrected chi connectivity index (χ0v) is 18.9. The Kier molecular flexibility index (Phi) is 5.60. The van der Waals surface area contributed by atoms with Gasteiger partial charge in [0.1, 0.15) is 5.82 Å². The standard InChI is InChI=1S/C27H31N3O2/c1-18-6-8-20(9-7-18)27(32)30(23-10-11-23)17-22-16-21-5-3-4-19(2)25(21)28-26(22)29-14-12-24(31)13-15-29/h3-9,16,23-24,31H,10-15,17H2,1-2H3. The van der Waals surface area contributed by atoms with E-state index in [-0.39, 0.29) is 12.0 Å². The Bertz CT molecular complexity index is 1130. The van der Waals surface area contributed by atoms with Crippen molar-refractivity contribution in [3.63, 3.8) is 0 Å². The highest BCUT2D eigenvalue weighted by Gasteiger charge is 2.34. The van der Waals surface area contributed by atoms with Gasteiger partial charge < -0.3 is 14.9 Å². The van der Waals surface area contributed by atoms with E-state index in [2.05, 4.69) is 36.1 Å². The molecule has 5 rings (SSSR count). The van der Waals surface area contributed by atoms with Crippen LogP contribution >= 0.6 is 0 Å². The van der Waals surface area contributed by atoms with Crippen molar-refractivity contribution in [3.8, 4) is 0 Å². The number of aliphatic hydroxyl groups is 1. The third-order valence-corrected chi connectivity index (χ3v) is 6.76. The summed E-state index contributed by atoms with van der Waals surface area (Å²) in [5, 5.41) is 11.1. The Balaban J connectivity index is 1.53. The lowest BCUT2D eigenvalue weighted by Gasteiger charge is -2.33. The minimum atomic E-state index is -0.233. The van der Waals surface area contributed by atoms with Gasteiger partial charge in [0, 0.05) is 42.2 Å².